The summed E-state index contributed by atoms with van der Waals surface area (Å²) >= 11 is 0. The molecule has 0 spiro atoms. The molecule has 216 valence electrons. The molecule has 4 amide bonds. The lowest BCUT2D eigenvalue weighted by Gasteiger charge is -2.25. The molecule has 0 aromatic heterocycles. The van der Waals surface area contributed by atoms with E-state index in [4.69, 9.17) is 22.9 Å². The van der Waals surface area contributed by atoms with Crippen molar-refractivity contribution in [3.63, 3.8) is 0 Å². The number of carboxylic acid groups (broad SMARTS) is 1. The summed E-state index contributed by atoms with van der Waals surface area (Å²) in [5.41, 5.74) is 22.5. The number of aliphatic imine (C=N–C) groups is 1. The first kappa shape index (κ1) is 32.8. The molecular formula is C25H40N8O6. The zero-order chi connectivity index (χ0) is 29.5. The molecule has 0 aliphatic heterocycles. The molecule has 0 heterocycles. The van der Waals surface area contributed by atoms with Crippen LogP contribution in [-0.4, -0.2) is 71.4 Å². The van der Waals surface area contributed by atoms with E-state index < -0.39 is 60.2 Å². The van der Waals surface area contributed by atoms with E-state index in [1.807, 2.05) is 0 Å². The number of hydrogen-bond donors (Lipinski definition) is 8. The third kappa shape index (κ3) is 13.2. The Balaban J connectivity index is 3.06. The van der Waals surface area contributed by atoms with Crippen molar-refractivity contribution in [3.8, 4) is 0 Å². The smallest absolute Gasteiger partial charge is 0.326 e. The van der Waals surface area contributed by atoms with Gasteiger partial charge < -0.3 is 44.0 Å². The number of aliphatic carboxylic acids is 1. The van der Waals surface area contributed by atoms with Crippen LogP contribution >= 0.6 is 0 Å². The van der Waals surface area contributed by atoms with Crippen LogP contribution in [0, 0.1) is 5.92 Å². The average Bonchev–Trinajstić information content (AvgIpc) is 2.84. The van der Waals surface area contributed by atoms with Crippen molar-refractivity contribution in [1.82, 2.24) is 16.0 Å². The van der Waals surface area contributed by atoms with Crippen LogP contribution in [0.1, 0.15) is 45.1 Å². The summed E-state index contributed by atoms with van der Waals surface area (Å²) in [6.07, 6.45) is 0.258. The number of carbonyl (C=O) groups excluding carboxylic acids is 4. The van der Waals surface area contributed by atoms with Crippen molar-refractivity contribution in [2.75, 3.05) is 6.54 Å². The van der Waals surface area contributed by atoms with Gasteiger partial charge in [0.05, 0.1) is 12.5 Å². The minimum Gasteiger partial charge on any atom is -0.480 e. The third-order valence-corrected chi connectivity index (χ3v) is 5.58. The number of hydrogen-bond acceptors (Lipinski definition) is 7. The van der Waals surface area contributed by atoms with E-state index in [-0.39, 0.29) is 37.7 Å². The maximum atomic E-state index is 13.3. The van der Waals surface area contributed by atoms with E-state index in [0.29, 0.717) is 12.0 Å². The highest BCUT2D eigenvalue weighted by Gasteiger charge is 2.31. The Morgan fingerprint density at radius 2 is 1.44 bits per heavy atom. The first-order valence-electron chi connectivity index (χ1n) is 12.6. The van der Waals surface area contributed by atoms with E-state index in [1.54, 1.807) is 44.2 Å². The number of amides is 4. The molecule has 14 heteroatoms. The second-order valence-electron chi connectivity index (χ2n) is 9.57. The molecule has 14 nitrogen and oxygen atoms in total. The van der Waals surface area contributed by atoms with Crippen molar-refractivity contribution >= 4 is 35.6 Å². The monoisotopic (exact) mass is 548 g/mol. The topological polar surface area (TPSA) is 258 Å². The number of nitrogens with one attached hydrogen (secondary N) is 3. The second-order valence-corrected chi connectivity index (χ2v) is 9.57. The molecule has 1 aromatic carbocycles. The molecule has 0 aliphatic rings. The van der Waals surface area contributed by atoms with Crippen LogP contribution < -0.4 is 38.9 Å². The summed E-state index contributed by atoms with van der Waals surface area (Å²) in [4.78, 5) is 66.0. The molecule has 12 N–H and O–H groups in total. The summed E-state index contributed by atoms with van der Waals surface area (Å²) < 4.78 is 0. The fourth-order valence-electron chi connectivity index (χ4n) is 3.64. The maximum absolute atomic E-state index is 13.3. The van der Waals surface area contributed by atoms with Gasteiger partial charge in [0.25, 0.3) is 0 Å². The fourth-order valence-corrected chi connectivity index (χ4v) is 3.64. The van der Waals surface area contributed by atoms with Crippen LogP contribution in [0.5, 0.6) is 0 Å². The minimum atomic E-state index is -1.47. The van der Waals surface area contributed by atoms with E-state index >= 15 is 0 Å². The Morgan fingerprint density at radius 1 is 0.872 bits per heavy atom. The van der Waals surface area contributed by atoms with Gasteiger partial charge in [0.2, 0.25) is 23.6 Å². The average molecular weight is 549 g/mol. The van der Waals surface area contributed by atoms with E-state index in [0.717, 1.165) is 0 Å². The first-order valence-corrected chi connectivity index (χ1v) is 12.6. The first-order chi connectivity index (χ1) is 18.3. The molecule has 4 atom stereocenters. The highest BCUT2D eigenvalue weighted by molar-refractivity contribution is 5.96. The van der Waals surface area contributed by atoms with Gasteiger partial charge >= 0.3 is 5.97 Å². The Labute approximate surface area is 227 Å². The van der Waals surface area contributed by atoms with Gasteiger partial charge in [0, 0.05) is 13.0 Å². The zero-order valence-electron chi connectivity index (χ0n) is 22.3. The predicted molar refractivity (Wildman–Crippen MR) is 145 cm³/mol. The number of carbonyl (C=O) groups is 5. The van der Waals surface area contributed by atoms with Crippen molar-refractivity contribution in [2.45, 2.75) is 70.1 Å². The third-order valence-electron chi connectivity index (χ3n) is 5.58. The molecule has 1 aromatic rings. The van der Waals surface area contributed by atoms with Gasteiger partial charge in [-0.15, -0.1) is 0 Å². The van der Waals surface area contributed by atoms with Crippen LogP contribution in [0.3, 0.4) is 0 Å². The maximum Gasteiger partial charge on any atom is 0.326 e. The summed E-state index contributed by atoms with van der Waals surface area (Å²) in [6.45, 7) is 3.84. The zero-order valence-corrected chi connectivity index (χ0v) is 22.3. The standard InChI is InChI=1S/C25H40N8O6/c1-14(2)11-19(24(38)39)33-23(37)18(13-20(27)34)32-22(36)17(12-15-7-4-3-5-8-15)31-21(35)16(26)9-6-10-30-25(28)29/h3-5,7-8,14,16-19H,6,9-13,26H2,1-2H3,(H2,27,34)(H,31,35)(H,32,36)(H,33,37)(H,38,39)(H4,28,29,30). The summed E-state index contributed by atoms with van der Waals surface area (Å²) in [5, 5.41) is 16.8. The van der Waals surface area contributed by atoms with E-state index in [2.05, 4.69) is 20.9 Å². The van der Waals surface area contributed by atoms with Gasteiger partial charge in [-0.1, -0.05) is 44.2 Å². The van der Waals surface area contributed by atoms with Crippen LogP contribution in [0.2, 0.25) is 0 Å². The van der Waals surface area contributed by atoms with E-state index in [9.17, 15) is 29.1 Å². The van der Waals surface area contributed by atoms with Crippen molar-refractivity contribution < 1.29 is 29.1 Å². The lowest BCUT2D eigenvalue weighted by Crippen LogP contribution is -2.58. The molecule has 0 aliphatic carbocycles. The number of benzene rings is 1. The van der Waals surface area contributed by atoms with Gasteiger partial charge in [-0.3, -0.25) is 24.2 Å². The number of primary amides is 1. The lowest BCUT2D eigenvalue weighted by molar-refractivity contribution is -0.143. The lowest BCUT2D eigenvalue weighted by atomic mass is 10.0. The number of guanidine groups is 1. The minimum absolute atomic E-state index is 0.0507. The Bertz CT molecular complexity index is 1010. The number of nitrogens with zero attached hydrogens (tertiary/aromatic N) is 1. The van der Waals surface area contributed by atoms with E-state index in [1.165, 1.54) is 0 Å². The van der Waals surface area contributed by atoms with Gasteiger partial charge in [-0.2, -0.15) is 0 Å². The van der Waals surface area contributed by atoms with Crippen LogP contribution in [-0.2, 0) is 30.4 Å². The quantitative estimate of drug-likeness (QED) is 0.0611. The van der Waals surface area contributed by atoms with Gasteiger partial charge in [0.15, 0.2) is 5.96 Å². The molecule has 4 unspecified atom stereocenters. The van der Waals surface area contributed by atoms with Crippen LogP contribution in [0.25, 0.3) is 0 Å². The second kappa shape index (κ2) is 16.6. The van der Waals surface area contributed by atoms with Crippen molar-refractivity contribution in [3.05, 3.63) is 35.9 Å². The van der Waals surface area contributed by atoms with Gasteiger partial charge in [0.1, 0.15) is 18.1 Å². The summed E-state index contributed by atoms with van der Waals surface area (Å²) in [6, 6.07) is 3.95. The number of carboxylic acids is 1. The largest absolute Gasteiger partial charge is 0.480 e. The fraction of sp³-hybridized carbons (Fsp3) is 0.520. The number of rotatable bonds is 17. The summed E-state index contributed by atoms with van der Waals surface area (Å²) in [5.74, 6) is -4.57. The highest BCUT2D eigenvalue weighted by Crippen LogP contribution is 2.08. The molecular weight excluding hydrogens is 508 g/mol. The number of nitrogens with two attached hydrogens (primary N) is 4. The summed E-state index contributed by atoms with van der Waals surface area (Å²) in [7, 11) is 0. The predicted octanol–water partition coefficient (Wildman–Crippen LogP) is -1.93. The highest BCUT2D eigenvalue weighted by atomic mass is 16.4. The molecule has 39 heavy (non-hydrogen) atoms. The normalized spacial score (nSPS) is 13.8. The Hall–Kier alpha value is -4.20. The van der Waals surface area contributed by atoms with Crippen LogP contribution in [0.15, 0.2) is 35.3 Å². The molecule has 1 rings (SSSR count). The van der Waals surface area contributed by atoms with Crippen LogP contribution in [0.4, 0.5) is 0 Å². The van der Waals surface area contributed by atoms with Gasteiger partial charge in [-0.25, -0.2) is 4.79 Å². The molecule has 0 radical (unpaired) electrons. The van der Waals surface area contributed by atoms with Crippen molar-refractivity contribution in [2.24, 2.45) is 33.8 Å². The molecule has 0 fully saturated rings. The van der Waals surface area contributed by atoms with Gasteiger partial charge in [-0.05, 0) is 30.7 Å². The Kier molecular flexibility index (Phi) is 14.0. The molecule has 0 saturated heterocycles. The SMILES string of the molecule is CC(C)CC(NC(=O)C(CC(N)=O)NC(=O)C(Cc1ccccc1)NC(=O)C(N)CCCN=C(N)N)C(=O)O. The Morgan fingerprint density at radius 3 is 1.97 bits per heavy atom. The molecule has 0 bridgehead atoms. The molecule has 0 saturated carbocycles. The van der Waals surface area contributed by atoms with Crippen molar-refractivity contribution in [1.29, 1.82) is 0 Å².